The van der Waals surface area contributed by atoms with Crippen LogP contribution in [-0.2, 0) is 5.41 Å². The molecule has 1 heterocycles. The maximum atomic E-state index is 2.46. The summed E-state index contributed by atoms with van der Waals surface area (Å²) < 4.78 is 2.40. The number of anilines is 15. The molecule has 0 saturated carbocycles. The van der Waals surface area contributed by atoms with Crippen LogP contribution in [0.5, 0.6) is 0 Å². The van der Waals surface area contributed by atoms with Crippen molar-refractivity contribution in [3.8, 4) is 16.8 Å². The second kappa shape index (κ2) is 31.3. The smallest absolute Gasteiger partial charge is 0.0714 e. The predicted octanol–water partition coefficient (Wildman–Crippen LogP) is 30.3. The molecule has 0 saturated heterocycles. The Morgan fingerprint density at radius 3 is 0.974 bits per heavy atom. The second-order valence-corrected chi connectivity index (χ2v) is 29.9. The number of aromatic nitrogens is 1. The SMILES string of the molecule is Cc1cccc(N(c2ccccc2)c2ccc(N(c3ccc(N(c4ccccc4)c4cccc(C)c4)cc3)c3ccc(N(c4ccccc4)c4cccc(C)c4)cc3)cc2)c1.c1ccc(-n2c3ccccc3c3ccc(N(c4ccc5c(c4)C(c4ccccc4)(c4ccccc4)c4ccccc4-5)c4ccc5ccccc5c4)cc32)cc1. The highest BCUT2D eigenvalue weighted by Crippen LogP contribution is 2.58. The van der Waals surface area contributed by atoms with E-state index in [-0.39, 0.29) is 0 Å². The Morgan fingerprint density at radius 2 is 0.500 bits per heavy atom. The standard InChI is InChI=1S/C57H48N4.C53H36N2/c1-43-16-13-25-55(40-43)59(46-19-7-4-8-20-46)52-34-28-49(29-35-52)58(50-30-36-53(37-31-50)60(47-21-9-5-10-22-47)56-26-14-17-44(2)41-56)51-32-38-54(39-33-51)61(48-23-11-6-12-24-48)57-27-15-18-45(3)42-57;1-4-18-39(19-5-1)53(40-20-6-2-7-21-40)49-26-14-12-24-45(49)46-32-30-43(35-50(46)53)54(42-29-28-37-16-10-11-17-38(37)34-42)44-31-33-48-47-25-13-15-27-51(47)55(52(48)36-44)41-22-8-3-9-23-41/h4-42H,1-3H3;1-36H. The fourth-order valence-electron chi connectivity index (χ4n) is 17.4. The first-order chi connectivity index (χ1) is 57.3. The minimum atomic E-state index is -0.497. The zero-order valence-electron chi connectivity index (χ0n) is 65.0. The van der Waals surface area contributed by atoms with Crippen LogP contribution in [-0.4, -0.2) is 4.57 Å². The molecule has 20 rings (SSSR count). The van der Waals surface area contributed by atoms with Gasteiger partial charge in [0.1, 0.15) is 0 Å². The number of fused-ring (bicyclic) bond motifs is 7. The minimum Gasteiger partial charge on any atom is -0.310 e. The average molecular weight is 1490 g/mol. The van der Waals surface area contributed by atoms with Crippen LogP contribution < -0.4 is 24.5 Å². The molecule has 554 valence electrons. The van der Waals surface area contributed by atoms with Crippen molar-refractivity contribution in [1.82, 2.24) is 4.57 Å². The third-order valence-corrected chi connectivity index (χ3v) is 22.5. The lowest BCUT2D eigenvalue weighted by Gasteiger charge is -2.35. The van der Waals surface area contributed by atoms with Crippen molar-refractivity contribution in [1.29, 1.82) is 0 Å². The Bertz CT molecular complexity index is 6320. The third kappa shape index (κ3) is 13.5. The van der Waals surface area contributed by atoms with E-state index in [0.29, 0.717) is 0 Å². The van der Waals surface area contributed by atoms with Crippen molar-refractivity contribution in [2.75, 3.05) is 24.5 Å². The molecular weight excluding hydrogens is 1410 g/mol. The van der Waals surface area contributed by atoms with Gasteiger partial charge in [0.2, 0.25) is 0 Å². The summed E-state index contributed by atoms with van der Waals surface area (Å²) in [5.41, 5.74) is 30.8. The van der Waals surface area contributed by atoms with Gasteiger partial charge in [0, 0.05) is 102 Å². The molecule has 19 aromatic rings. The van der Waals surface area contributed by atoms with Crippen LogP contribution in [0.1, 0.15) is 38.9 Å². The number of hydrogen-bond donors (Lipinski definition) is 0. The number of hydrogen-bond acceptors (Lipinski definition) is 5. The van der Waals surface area contributed by atoms with E-state index in [9.17, 15) is 0 Å². The van der Waals surface area contributed by atoms with E-state index >= 15 is 0 Å². The van der Waals surface area contributed by atoms with Gasteiger partial charge in [-0.1, -0.05) is 255 Å². The molecule has 6 nitrogen and oxygen atoms in total. The lowest BCUT2D eigenvalue weighted by molar-refractivity contribution is 0.768. The maximum Gasteiger partial charge on any atom is 0.0714 e. The van der Waals surface area contributed by atoms with Crippen molar-refractivity contribution in [2.45, 2.75) is 26.2 Å². The van der Waals surface area contributed by atoms with Crippen LogP contribution in [0.4, 0.5) is 85.3 Å². The summed E-state index contributed by atoms with van der Waals surface area (Å²) in [4.78, 5) is 11.7. The van der Waals surface area contributed by atoms with Crippen molar-refractivity contribution >= 4 is 118 Å². The van der Waals surface area contributed by atoms with Gasteiger partial charge < -0.3 is 29.1 Å². The first kappa shape index (κ1) is 71.3. The Kier molecular flexibility index (Phi) is 19.2. The van der Waals surface area contributed by atoms with Crippen LogP contribution in [0.25, 0.3) is 49.4 Å². The van der Waals surface area contributed by atoms with Gasteiger partial charge in [-0.15, -0.1) is 0 Å². The highest BCUT2D eigenvalue weighted by atomic mass is 15.2. The normalized spacial score (nSPS) is 11.8. The zero-order chi connectivity index (χ0) is 77.9. The van der Waals surface area contributed by atoms with Gasteiger partial charge in [0.25, 0.3) is 0 Å². The first-order valence-electron chi connectivity index (χ1n) is 39.9. The van der Waals surface area contributed by atoms with Crippen molar-refractivity contribution < 1.29 is 0 Å². The molecule has 0 atom stereocenters. The number of nitrogens with zero attached hydrogens (tertiary/aromatic N) is 6. The monoisotopic (exact) mass is 1490 g/mol. The molecule has 0 fully saturated rings. The largest absolute Gasteiger partial charge is 0.310 e. The van der Waals surface area contributed by atoms with E-state index < -0.39 is 5.41 Å². The molecule has 0 radical (unpaired) electrons. The summed E-state index contributed by atoms with van der Waals surface area (Å²) in [5.74, 6) is 0. The molecule has 1 aromatic heterocycles. The summed E-state index contributed by atoms with van der Waals surface area (Å²) in [6.07, 6.45) is 0. The van der Waals surface area contributed by atoms with Gasteiger partial charge in [0.15, 0.2) is 0 Å². The highest BCUT2D eigenvalue weighted by Gasteiger charge is 2.46. The number of rotatable bonds is 18. The molecule has 0 bridgehead atoms. The fourth-order valence-corrected chi connectivity index (χ4v) is 17.4. The molecule has 1 aliphatic carbocycles. The van der Waals surface area contributed by atoms with Gasteiger partial charge in [-0.2, -0.15) is 0 Å². The molecule has 0 spiro atoms. The Labute approximate surface area is 679 Å². The number of para-hydroxylation sites is 5. The number of benzene rings is 18. The molecule has 1 aliphatic rings. The van der Waals surface area contributed by atoms with E-state index in [0.717, 1.165) is 91.0 Å². The average Bonchev–Trinajstić information content (AvgIpc) is 1.54. The van der Waals surface area contributed by atoms with E-state index in [1.807, 2.05) is 0 Å². The van der Waals surface area contributed by atoms with Crippen molar-refractivity contribution in [3.05, 3.63) is 494 Å². The number of aryl methyl sites for hydroxylation is 3. The van der Waals surface area contributed by atoms with Gasteiger partial charge >= 0.3 is 0 Å². The van der Waals surface area contributed by atoms with Crippen molar-refractivity contribution in [3.63, 3.8) is 0 Å². The Hall–Kier alpha value is -15.0. The molecule has 0 N–H and O–H groups in total. The molecular formula is C110H84N6. The van der Waals surface area contributed by atoms with E-state index in [1.165, 1.54) is 82.6 Å². The molecule has 0 aliphatic heterocycles. The van der Waals surface area contributed by atoms with Crippen LogP contribution in [0.15, 0.2) is 455 Å². The van der Waals surface area contributed by atoms with Crippen molar-refractivity contribution in [2.24, 2.45) is 0 Å². The Balaban J connectivity index is 0.000000155. The minimum absolute atomic E-state index is 0.497. The van der Waals surface area contributed by atoms with E-state index in [2.05, 4.69) is 505 Å². The first-order valence-corrected chi connectivity index (χ1v) is 39.9. The molecule has 0 amide bonds. The maximum absolute atomic E-state index is 2.46. The summed E-state index contributed by atoms with van der Waals surface area (Å²) >= 11 is 0. The summed E-state index contributed by atoms with van der Waals surface area (Å²) in [5, 5.41) is 4.91. The second-order valence-electron chi connectivity index (χ2n) is 29.9. The molecule has 116 heavy (non-hydrogen) atoms. The lowest BCUT2D eigenvalue weighted by Crippen LogP contribution is -2.28. The third-order valence-electron chi connectivity index (χ3n) is 22.5. The lowest BCUT2D eigenvalue weighted by atomic mass is 9.67. The topological polar surface area (TPSA) is 21.1 Å². The summed E-state index contributed by atoms with van der Waals surface area (Å²) in [6.45, 7) is 6.43. The highest BCUT2D eigenvalue weighted by molar-refractivity contribution is 6.11. The van der Waals surface area contributed by atoms with Gasteiger partial charge in [-0.05, 0) is 282 Å². The summed E-state index contributed by atoms with van der Waals surface area (Å²) in [7, 11) is 0. The van der Waals surface area contributed by atoms with Gasteiger partial charge in [-0.25, -0.2) is 0 Å². The Morgan fingerprint density at radius 1 is 0.190 bits per heavy atom. The summed E-state index contributed by atoms with van der Waals surface area (Å²) in [6, 6.07) is 165. The van der Waals surface area contributed by atoms with E-state index in [1.54, 1.807) is 0 Å². The van der Waals surface area contributed by atoms with Crippen LogP contribution >= 0.6 is 0 Å². The molecule has 0 unspecified atom stereocenters. The predicted molar refractivity (Wildman–Crippen MR) is 490 cm³/mol. The fraction of sp³-hybridized carbons (Fsp3) is 0.0364. The zero-order valence-corrected chi connectivity index (χ0v) is 65.0. The van der Waals surface area contributed by atoms with E-state index in [4.69, 9.17) is 0 Å². The van der Waals surface area contributed by atoms with Crippen LogP contribution in [0.2, 0.25) is 0 Å². The quantitative estimate of drug-likeness (QED) is 0.0851. The molecule has 6 heteroatoms. The molecule has 18 aromatic carbocycles. The van der Waals surface area contributed by atoms with Crippen LogP contribution in [0.3, 0.4) is 0 Å². The van der Waals surface area contributed by atoms with Crippen LogP contribution in [0, 0.1) is 20.8 Å². The van der Waals surface area contributed by atoms with Gasteiger partial charge in [0.05, 0.1) is 16.4 Å². The van der Waals surface area contributed by atoms with Gasteiger partial charge in [-0.3, -0.25) is 0 Å².